The second-order valence-corrected chi connectivity index (χ2v) is 7.04. The summed E-state index contributed by atoms with van der Waals surface area (Å²) < 4.78 is 5.87. The highest BCUT2D eigenvalue weighted by molar-refractivity contribution is 14.0. The molecule has 0 aromatic rings. The van der Waals surface area contributed by atoms with Crippen molar-refractivity contribution in [2.75, 3.05) is 44.7 Å². The van der Waals surface area contributed by atoms with E-state index < -0.39 is 0 Å². The SMILES string of the molecule is CN=C(NCCN1CCSCC1)NC1CC2CCC1O2.I. The third-order valence-corrected chi connectivity index (χ3v) is 5.42. The molecular formula is C14H27IN4OS. The van der Waals surface area contributed by atoms with Gasteiger partial charge in [0.15, 0.2) is 5.96 Å². The summed E-state index contributed by atoms with van der Waals surface area (Å²) in [6.45, 7) is 4.51. The van der Waals surface area contributed by atoms with E-state index in [1.54, 1.807) is 0 Å². The van der Waals surface area contributed by atoms with Gasteiger partial charge in [0.05, 0.1) is 18.2 Å². The molecule has 0 amide bonds. The van der Waals surface area contributed by atoms with Gasteiger partial charge in [-0.1, -0.05) is 0 Å². The van der Waals surface area contributed by atoms with Crippen molar-refractivity contribution in [2.24, 2.45) is 4.99 Å². The third kappa shape index (κ3) is 4.87. The van der Waals surface area contributed by atoms with Crippen molar-refractivity contribution in [2.45, 2.75) is 37.5 Å². The smallest absolute Gasteiger partial charge is 0.191 e. The van der Waals surface area contributed by atoms with Gasteiger partial charge >= 0.3 is 0 Å². The highest BCUT2D eigenvalue weighted by Gasteiger charge is 2.41. The minimum atomic E-state index is 0. The lowest BCUT2D eigenvalue weighted by atomic mass is 9.96. The van der Waals surface area contributed by atoms with Gasteiger partial charge < -0.3 is 15.4 Å². The van der Waals surface area contributed by atoms with Crippen LogP contribution < -0.4 is 10.6 Å². The van der Waals surface area contributed by atoms with Crippen molar-refractivity contribution in [3.05, 3.63) is 0 Å². The number of aliphatic imine (C=N–C) groups is 1. The molecule has 2 bridgehead atoms. The predicted octanol–water partition coefficient (Wildman–Crippen LogP) is 1.14. The van der Waals surface area contributed by atoms with Gasteiger partial charge in [0.1, 0.15) is 0 Å². The first-order valence-corrected chi connectivity index (χ1v) is 8.93. The average molecular weight is 426 g/mol. The van der Waals surface area contributed by atoms with Crippen LogP contribution in [0.2, 0.25) is 0 Å². The van der Waals surface area contributed by atoms with Gasteiger partial charge in [0.25, 0.3) is 0 Å². The van der Waals surface area contributed by atoms with Crippen LogP contribution in [0.1, 0.15) is 19.3 Å². The van der Waals surface area contributed by atoms with Crippen LogP contribution in [0.5, 0.6) is 0 Å². The van der Waals surface area contributed by atoms with Crippen molar-refractivity contribution in [1.29, 1.82) is 0 Å². The van der Waals surface area contributed by atoms with Gasteiger partial charge in [-0.3, -0.25) is 9.89 Å². The third-order valence-electron chi connectivity index (χ3n) is 4.48. The van der Waals surface area contributed by atoms with E-state index in [0.717, 1.165) is 25.5 Å². The Bertz CT molecular complexity index is 352. The molecule has 0 aliphatic carbocycles. The Kier molecular flexibility index (Phi) is 7.37. The summed E-state index contributed by atoms with van der Waals surface area (Å²) in [5, 5.41) is 6.96. The molecule has 3 aliphatic heterocycles. The number of hydrogen-bond donors (Lipinski definition) is 2. The first-order chi connectivity index (χ1) is 9.85. The van der Waals surface area contributed by atoms with Gasteiger partial charge in [0.2, 0.25) is 0 Å². The van der Waals surface area contributed by atoms with Gasteiger partial charge in [-0.25, -0.2) is 0 Å². The van der Waals surface area contributed by atoms with E-state index in [9.17, 15) is 0 Å². The van der Waals surface area contributed by atoms with Crippen molar-refractivity contribution in [3.63, 3.8) is 0 Å². The standard InChI is InChI=1S/C14H26N4OS.HI/c1-15-14(16-4-5-18-6-8-20-9-7-18)17-12-10-11-2-3-13(12)19-11;/h11-13H,2-10H2,1H3,(H2,15,16,17);1H. The lowest BCUT2D eigenvalue weighted by Gasteiger charge is -2.27. The Morgan fingerprint density at radius 1 is 1.33 bits per heavy atom. The zero-order valence-corrected chi connectivity index (χ0v) is 15.9. The summed E-state index contributed by atoms with van der Waals surface area (Å²) in [5.41, 5.74) is 0. The van der Waals surface area contributed by atoms with Crippen LogP contribution in [0.4, 0.5) is 0 Å². The van der Waals surface area contributed by atoms with Crippen molar-refractivity contribution >= 4 is 41.7 Å². The zero-order chi connectivity index (χ0) is 13.8. The molecule has 3 rings (SSSR count). The lowest BCUT2D eigenvalue weighted by molar-refractivity contribution is 0.0992. The van der Waals surface area contributed by atoms with Crippen LogP contribution in [-0.4, -0.2) is 73.8 Å². The molecule has 3 heterocycles. The molecule has 3 saturated heterocycles. The molecule has 21 heavy (non-hydrogen) atoms. The van der Waals surface area contributed by atoms with Crippen LogP contribution in [0.3, 0.4) is 0 Å². The highest BCUT2D eigenvalue weighted by Crippen LogP contribution is 2.34. The van der Waals surface area contributed by atoms with E-state index in [-0.39, 0.29) is 24.0 Å². The van der Waals surface area contributed by atoms with Crippen molar-refractivity contribution in [3.8, 4) is 0 Å². The van der Waals surface area contributed by atoms with E-state index in [1.165, 1.54) is 37.4 Å². The molecule has 0 aromatic carbocycles. The highest BCUT2D eigenvalue weighted by atomic mass is 127. The predicted molar refractivity (Wildman–Crippen MR) is 100.0 cm³/mol. The summed E-state index contributed by atoms with van der Waals surface area (Å²) in [6.07, 6.45) is 4.46. The second kappa shape index (κ2) is 8.79. The van der Waals surface area contributed by atoms with E-state index in [0.29, 0.717) is 18.2 Å². The first-order valence-electron chi connectivity index (χ1n) is 7.78. The van der Waals surface area contributed by atoms with Gasteiger partial charge in [-0.2, -0.15) is 11.8 Å². The molecule has 0 radical (unpaired) electrons. The summed E-state index contributed by atoms with van der Waals surface area (Å²) in [5.74, 6) is 3.47. The molecule has 7 heteroatoms. The zero-order valence-electron chi connectivity index (χ0n) is 12.7. The molecule has 0 saturated carbocycles. The number of nitrogens with zero attached hydrogens (tertiary/aromatic N) is 2. The number of fused-ring (bicyclic) bond motifs is 2. The van der Waals surface area contributed by atoms with Crippen LogP contribution in [0, 0.1) is 0 Å². The molecule has 122 valence electrons. The maximum Gasteiger partial charge on any atom is 0.191 e. The second-order valence-electron chi connectivity index (χ2n) is 5.81. The Balaban J connectivity index is 0.00000161. The molecule has 3 aliphatic rings. The number of ether oxygens (including phenoxy) is 1. The van der Waals surface area contributed by atoms with Gasteiger partial charge in [-0.15, -0.1) is 24.0 Å². The van der Waals surface area contributed by atoms with E-state index in [2.05, 4.69) is 32.3 Å². The maximum absolute atomic E-state index is 5.87. The fraction of sp³-hybridized carbons (Fsp3) is 0.929. The molecule has 5 nitrogen and oxygen atoms in total. The Morgan fingerprint density at radius 2 is 2.14 bits per heavy atom. The largest absolute Gasteiger partial charge is 0.373 e. The van der Waals surface area contributed by atoms with Gasteiger partial charge in [0, 0.05) is 44.7 Å². The van der Waals surface area contributed by atoms with E-state index in [4.69, 9.17) is 4.74 Å². The van der Waals surface area contributed by atoms with E-state index in [1.807, 2.05) is 7.05 Å². The van der Waals surface area contributed by atoms with Crippen LogP contribution >= 0.6 is 35.7 Å². The fourth-order valence-corrected chi connectivity index (χ4v) is 4.30. The topological polar surface area (TPSA) is 48.9 Å². The fourth-order valence-electron chi connectivity index (χ4n) is 3.32. The van der Waals surface area contributed by atoms with Crippen LogP contribution in [0.25, 0.3) is 0 Å². The average Bonchev–Trinajstić information content (AvgIpc) is 3.10. The Labute approximate surface area is 149 Å². The minimum Gasteiger partial charge on any atom is -0.373 e. The maximum atomic E-state index is 5.87. The van der Waals surface area contributed by atoms with Crippen molar-refractivity contribution in [1.82, 2.24) is 15.5 Å². The molecular weight excluding hydrogens is 399 g/mol. The quantitative estimate of drug-likeness (QED) is 0.401. The molecule has 2 N–H and O–H groups in total. The molecule has 0 aromatic heterocycles. The van der Waals surface area contributed by atoms with Crippen LogP contribution in [-0.2, 0) is 4.74 Å². The number of thioether (sulfide) groups is 1. The molecule has 3 unspecified atom stereocenters. The number of halogens is 1. The summed E-state index contributed by atoms with van der Waals surface area (Å²) >= 11 is 2.06. The van der Waals surface area contributed by atoms with Gasteiger partial charge in [-0.05, 0) is 19.3 Å². The number of guanidine groups is 1. The Hall–Kier alpha value is 0.270. The monoisotopic (exact) mass is 426 g/mol. The molecule has 3 fully saturated rings. The van der Waals surface area contributed by atoms with Crippen molar-refractivity contribution < 1.29 is 4.74 Å². The first kappa shape index (κ1) is 17.6. The number of nitrogens with one attached hydrogen (secondary N) is 2. The van der Waals surface area contributed by atoms with Crippen LogP contribution in [0.15, 0.2) is 4.99 Å². The number of hydrogen-bond acceptors (Lipinski definition) is 4. The lowest BCUT2D eigenvalue weighted by Crippen LogP contribution is -2.49. The normalized spacial score (nSPS) is 32.8. The minimum absolute atomic E-state index is 0. The summed E-state index contributed by atoms with van der Waals surface area (Å²) in [4.78, 5) is 6.86. The molecule has 0 spiro atoms. The van der Waals surface area contributed by atoms with E-state index >= 15 is 0 Å². The summed E-state index contributed by atoms with van der Waals surface area (Å²) in [6, 6.07) is 0.450. The summed E-state index contributed by atoms with van der Waals surface area (Å²) in [7, 11) is 1.85. The number of rotatable bonds is 4. The molecule has 3 atom stereocenters. The Morgan fingerprint density at radius 3 is 2.76 bits per heavy atom.